The molecule has 0 bridgehead atoms. The Kier molecular flexibility index (Phi) is 4.91. The molecule has 4 rings (SSSR count). The number of phosphoric acid groups is 1. The van der Waals surface area contributed by atoms with E-state index in [2.05, 4.69) is 4.98 Å². The van der Waals surface area contributed by atoms with Gasteiger partial charge in [0.25, 0.3) is 11.4 Å². The molecular weight excluding hydrogens is 478 g/mol. The first-order valence-electron chi connectivity index (χ1n) is 10.1. The maximum Gasteiger partial charge on any atom is 0.530 e. The number of aromatic amines is 1. The van der Waals surface area contributed by atoms with Gasteiger partial charge in [-0.15, -0.1) is 0 Å². The summed E-state index contributed by atoms with van der Waals surface area (Å²) < 4.78 is 73.1. The number of hydrogen-bond donors (Lipinski definition) is 3. The lowest BCUT2D eigenvalue weighted by atomic mass is 10.1. The SMILES string of the molecule is [2H]C([2H])(OP1(=O)OCc2cc(Cl)ccc2O1)[C@@]1(F)O[C@@]([2H])(n2cc(C)c(=O)[nH]c2=S)[C@H](O)[C@@H]1O. The normalized spacial score (nSPS) is 36.7. The molecule has 14 heteroatoms. The van der Waals surface area contributed by atoms with Crippen LogP contribution < -0.4 is 10.1 Å². The van der Waals surface area contributed by atoms with E-state index in [4.69, 9.17) is 46.2 Å². The van der Waals surface area contributed by atoms with E-state index in [0.717, 1.165) is 6.20 Å². The molecule has 1 aromatic carbocycles. The molecule has 168 valence electrons. The summed E-state index contributed by atoms with van der Waals surface area (Å²) >= 11 is 10.8. The molecule has 0 radical (unpaired) electrons. The third-order valence-corrected chi connectivity index (χ3v) is 6.17. The summed E-state index contributed by atoms with van der Waals surface area (Å²) in [5.74, 6) is -4.00. The van der Waals surface area contributed by atoms with E-state index >= 15 is 4.39 Å². The average Bonchev–Trinajstić information content (AvgIpc) is 2.92. The number of benzene rings is 1. The molecule has 1 fully saturated rings. The first-order valence-corrected chi connectivity index (χ1v) is 10.9. The molecule has 3 heterocycles. The summed E-state index contributed by atoms with van der Waals surface area (Å²) in [6.45, 7) is -2.86. The van der Waals surface area contributed by atoms with Crippen LogP contribution in [-0.4, -0.2) is 44.4 Å². The number of aliphatic hydroxyl groups is 2. The first kappa shape index (κ1) is 18.9. The highest BCUT2D eigenvalue weighted by Crippen LogP contribution is 2.56. The lowest BCUT2D eigenvalue weighted by molar-refractivity contribution is -0.205. The Balaban J connectivity index is 1.67. The molecule has 2 aliphatic heterocycles. The van der Waals surface area contributed by atoms with Gasteiger partial charge in [0.2, 0.25) is 0 Å². The van der Waals surface area contributed by atoms with E-state index in [0.29, 0.717) is 15.2 Å². The number of ether oxygens (including phenoxy) is 1. The molecule has 0 aliphatic carbocycles. The van der Waals surface area contributed by atoms with Crippen LogP contribution in [0.2, 0.25) is 5.02 Å². The lowest BCUT2D eigenvalue weighted by Gasteiger charge is -2.28. The quantitative estimate of drug-likeness (QED) is 0.430. The fraction of sp³-hybridized carbons (Fsp3) is 0.412. The van der Waals surface area contributed by atoms with E-state index in [-0.39, 0.29) is 17.9 Å². The Morgan fingerprint density at radius 3 is 3.06 bits per heavy atom. The van der Waals surface area contributed by atoms with Gasteiger partial charge in [0.15, 0.2) is 11.0 Å². The zero-order valence-electron chi connectivity index (χ0n) is 18.6. The fourth-order valence-corrected chi connectivity index (χ4v) is 4.35. The largest absolute Gasteiger partial charge is 0.530 e. The van der Waals surface area contributed by atoms with Crippen molar-refractivity contribution >= 4 is 31.6 Å². The molecule has 0 amide bonds. The molecule has 3 N–H and O–H groups in total. The van der Waals surface area contributed by atoms with Crippen molar-refractivity contribution in [2.45, 2.75) is 37.8 Å². The van der Waals surface area contributed by atoms with Crippen LogP contribution in [0.5, 0.6) is 5.75 Å². The predicted octanol–water partition coefficient (Wildman–Crippen LogP) is 2.52. The molecule has 1 unspecified atom stereocenters. The van der Waals surface area contributed by atoms with Gasteiger partial charge in [-0.1, -0.05) is 11.6 Å². The van der Waals surface area contributed by atoms with Gasteiger partial charge in [-0.2, -0.15) is 0 Å². The minimum Gasteiger partial charge on any atom is -0.404 e. The van der Waals surface area contributed by atoms with E-state index in [9.17, 15) is 19.6 Å². The maximum atomic E-state index is 15.9. The highest BCUT2D eigenvalue weighted by atomic mass is 35.5. The van der Waals surface area contributed by atoms with Crippen molar-refractivity contribution in [2.24, 2.45) is 0 Å². The minimum atomic E-state index is -4.83. The number of fused-ring (bicyclic) bond motifs is 1. The summed E-state index contributed by atoms with van der Waals surface area (Å²) in [6, 6.07) is 4.15. The Hall–Kier alpha value is -1.63. The van der Waals surface area contributed by atoms with E-state index in [1.54, 1.807) is 0 Å². The zero-order valence-corrected chi connectivity index (χ0v) is 18.0. The molecule has 31 heavy (non-hydrogen) atoms. The van der Waals surface area contributed by atoms with Crippen LogP contribution in [0.15, 0.2) is 29.2 Å². The minimum absolute atomic E-state index is 0.00616. The molecule has 10 nitrogen and oxygen atoms in total. The topological polar surface area (TPSA) is 132 Å². The number of aryl methyl sites for hydroxylation is 1. The number of phosphoric ester groups is 1. The number of nitrogens with zero attached hydrogens (tertiary/aromatic N) is 1. The van der Waals surface area contributed by atoms with Crippen molar-refractivity contribution in [1.82, 2.24) is 9.55 Å². The number of H-pyrrole nitrogens is 1. The van der Waals surface area contributed by atoms with Crippen LogP contribution in [0.4, 0.5) is 4.39 Å². The van der Waals surface area contributed by atoms with Crippen molar-refractivity contribution in [3.8, 4) is 5.75 Å². The number of rotatable bonds is 4. The van der Waals surface area contributed by atoms with Crippen LogP contribution in [0.1, 0.15) is 21.4 Å². The van der Waals surface area contributed by atoms with Crippen molar-refractivity contribution in [3.05, 3.63) is 55.7 Å². The van der Waals surface area contributed by atoms with Crippen LogP contribution in [0.25, 0.3) is 0 Å². The summed E-state index contributed by atoms with van der Waals surface area (Å²) in [4.78, 5) is 13.9. The highest BCUT2D eigenvalue weighted by molar-refractivity contribution is 7.71. The summed E-state index contributed by atoms with van der Waals surface area (Å²) in [6.07, 6.45) is -7.17. The monoisotopic (exact) mass is 497 g/mol. The van der Waals surface area contributed by atoms with Crippen LogP contribution >= 0.6 is 31.6 Å². The summed E-state index contributed by atoms with van der Waals surface area (Å²) in [7, 11) is -4.83. The molecule has 0 saturated carbocycles. The maximum absolute atomic E-state index is 15.9. The van der Waals surface area contributed by atoms with Gasteiger partial charge in [-0.3, -0.25) is 23.4 Å². The number of alkyl halides is 1. The van der Waals surface area contributed by atoms with E-state index in [1.807, 2.05) is 0 Å². The van der Waals surface area contributed by atoms with Crippen molar-refractivity contribution < 1.29 is 41.6 Å². The standard InChI is InChI=1S/C17H17ClFN2O8PS/c1-8-5-21(16(31)20-14(8)24)15-12(22)13(23)17(19,28-15)7-27-30(25)26-6-9-4-10(18)2-3-11(9)29-30/h2-5,12-13,15,22-23H,6-7H2,1H3,(H,20,24,31)/t12-,13+,15-,17-,30?/m1/s1/i7D2,15D. The van der Waals surface area contributed by atoms with Gasteiger partial charge in [0, 0.05) is 22.3 Å². The second kappa shape index (κ2) is 8.05. The molecular formula is C17H17ClFN2O8PS. The van der Waals surface area contributed by atoms with Crippen LogP contribution in [0, 0.1) is 11.7 Å². The molecule has 0 spiro atoms. The smallest absolute Gasteiger partial charge is 0.404 e. The van der Waals surface area contributed by atoms with Crippen molar-refractivity contribution in [2.75, 3.05) is 6.56 Å². The van der Waals surface area contributed by atoms with Crippen LogP contribution in [-0.2, 0) is 25.0 Å². The number of aliphatic hydroxyl groups excluding tert-OH is 2. The van der Waals surface area contributed by atoms with Gasteiger partial charge < -0.3 is 19.5 Å². The van der Waals surface area contributed by atoms with Crippen LogP contribution in [0.3, 0.4) is 0 Å². The Bertz CT molecular complexity index is 1330. The van der Waals surface area contributed by atoms with Gasteiger partial charge in [0.05, 0.1) is 10.7 Å². The average molecular weight is 498 g/mol. The number of halogens is 2. The molecule has 5 atom stereocenters. The fourth-order valence-electron chi connectivity index (χ4n) is 2.82. The second-order valence-corrected chi connectivity index (χ2v) is 9.01. The predicted molar refractivity (Wildman–Crippen MR) is 107 cm³/mol. The van der Waals surface area contributed by atoms with E-state index in [1.165, 1.54) is 25.1 Å². The van der Waals surface area contributed by atoms with Gasteiger partial charge in [-0.25, -0.2) is 8.96 Å². The Morgan fingerprint density at radius 2 is 2.32 bits per heavy atom. The molecule has 1 aromatic heterocycles. The van der Waals surface area contributed by atoms with Crippen molar-refractivity contribution in [3.63, 3.8) is 0 Å². The number of nitrogens with one attached hydrogen (secondary N) is 1. The highest BCUT2D eigenvalue weighted by Gasteiger charge is 2.57. The summed E-state index contributed by atoms with van der Waals surface area (Å²) in [5.41, 5.74) is -0.277. The van der Waals surface area contributed by atoms with Crippen molar-refractivity contribution in [1.29, 1.82) is 0 Å². The third-order valence-electron chi connectivity index (χ3n) is 4.45. The number of hydrogen-bond acceptors (Lipinski definition) is 9. The van der Waals surface area contributed by atoms with Gasteiger partial charge in [0.1, 0.15) is 24.5 Å². The first-order chi connectivity index (χ1) is 15.6. The molecule has 1 saturated heterocycles. The Labute approximate surface area is 188 Å². The summed E-state index contributed by atoms with van der Waals surface area (Å²) in [5, 5.41) is 21.1. The second-order valence-electron chi connectivity index (χ2n) is 6.67. The number of aromatic nitrogens is 2. The third kappa shape index (κ3) is 4.22. The zero-order chi connectivity index (χ0) is 25.3. The van der Waals surface area contributed by atoms with Gasteiger partial charge >= 0.3 is 7.82 Å². The lowest BCUT2D eigenvalue weighted by Crippen LogP contribution is -2.43. The molecule has 2 aliphatic rings. The molecule has 2 aromatic rings. The van der Waals surface area contributed by atoms with E-state index < -0.39 is 49.0 Å². The Morgan fingerprint density at radius 1 is 1.58 bits per heavy atom. The van der Waals surface area contributed by atoms with Gasteiger partial charge in [-0.05, 0) is 37.3 Å².